The number of hydrogen-bond donors (Lipinski definition) is 1. The van der Waals surface area contributed by atoms with E-state index in [1.54, 1.807) is 0 Å². The molecule has 6 heteroatoms. The molecule has 3 aliphatic rings. The molecule has 0 bridgehead atoms. The summed E-state index contributed by atoms with van der Waals surface area (Å²) in [7, 11) is 0. The van der Waals surface area contributed by atoms with Crippen LogP contribution >= 0.6 is 11.3 Å². The van der Waals surface area contributed by atoms with Gasteiger partial charge >= 0.3 is 0 Å². The molecule has 128 valence electrons. The molecule has 5 rings (SSSR count). The predicted molar refractivity (Wildman–Crippen MR) is 98.0 cm³/mol. The fourth-order valence-corrected chi connectivity index (χ4v) is 5.11. The highest BCUT2D eigenvalue weighted by atomic mass is 32.1. The lowest BCUT2D eigenvalue weighted by atomic mass is 9.93. The second kappa shape index (κ2) is 5.95. The predicted octanol–water partition coefficient (Wildman–Crippen LogP) is 1.94. The van der Waals surface area contributed by atoms with Crippen LogP contribution in [0, 0.1) is 0 Å². The van der Waals surface area contributed by atoms with Crippen molar-refractivity contribution in [1.82, 2.24) is 15.2 Å². The zero-order valence-electron chi connectivity index (χ0n) is 13.9. The smallest absolute Gasteiger partial charge is 0.186 e. The molecule has 1 spiro atoms. The lowest BCUT2D eigenvalue weighted by Gasteiger charge is -2.40. The van der Waals surface area contributed by atoms with Gasteiger partial charge in [0.2, 0.25) is 0 Å². The van der Waals surface area contributed by atoms with Crippen LogP contribution in [0.3, 0.4) is 0 Å². The monoisotopic (exact) mass is 344 g/mol. The summed E-state index contributed by atoms with van der Waals surface area (Å²) in [6.07, 6.45) is 2.89. The molecule has 0 saturated carbocycles. The number of aromatic nitrogens is 1. The molecule has 4 heterocycles. The van der Waals surface area contributed by atoms with Crippen molar-refractivity contribution in [1.29, 1.82) is 0 Å². The fraction of sp³-hybridized carbons (Fsp3) is 0.611. The van der Waals surface area contributed by atoms with Gasteiger partial charge in [-0.1, -0.05) is 23.5 Å². The number of nitrogens with zero attached hydrogens (tertiary/aromatic N) is 3. The van der Waals surface area contributed by atoms with E-state index in [4.69, 9.17) is 9.72 Å². The Labute approximate surface area is 146 Å². The van der Waals surface area contributed by atoms with Crippen molar-refractivity contribution >= 4 is 26.7 Å². The number of thiazole rings is 1. The van der Waals surface area contributed by atoms with Gasteiger partial charge in [-0.05, 0) is 25.0 Å². The molecular weight excluding hydrogens is 320 g/mol. The second-order valence-corrected chi connectivity index (χ2v) is 8.33. The number of piperazine rings is 1. The third kappa shape index (κ3) is 2.71. The van der Waals surface area contributed by atoms with E-state index >= 15 is 0 Å². The molecule has 0 amide bonds. The van der Waals surface area contributed by atoms with Crippen LogP contribution in [0.1, 0.15) is 12.8 Å². The van der Waals surface area contributed by atoms with Gasteiger partial charge in [0, 0.05) is 45.8 Å². The molecule has 2 aromatic rings. The Balaban J connectivity index is 1.17. The average molecular weight is 344 g/mol. The van der Waals surface area contributed by atoms with Crippen molar-refractivity contribution in [3.05, 3.63) is 24.3 Å². The van der Waals surface area contributed by atoms with Gasteiger partial charge in [0.1, 0.15) is 0 Å². The summed E-state index contributed by atoms with van der Waals surface area (Å²) in [5.74, 6) is 0. The Morgan fingerprint density at radius 2 is 2.04 bits per heavy atom. The molecule has 0 aliphatic carbocycles. The van der Waals surface area contributed by atoms with E-state index in [0.717, 1.165) is 51.3 Å². The van der Waals surface area contributed by atoms with Crippen molar-refractivity contribution in [2.75, 3.05) is 50.7 Å². The number of rotatable bonds is 3. The zero-order chi connectivity index (χ0) is 16.0. The summed E-state index contributed by atoms with van der Waals surface area (Å²) in [5, 5.41) is 4.53. The number of nitrogens with one attached hydrogen (secondary N) is 1. The lowest BCUT2D eigenvalue weighted by Crippen LogP contribution is -2.59. The first kappa shape index (κ1) is 15.1. The van der Waals surface area contributed by atoms with Crippen LogP contribution < -0.4 is 10.2 Å². The van der Waals surface area contributed by atoms with E-state index in [1.165, 1.54) is 22.7 Å². The molecule has 0 radical (unpaired) electrons. The summed E-state index contributed by atoms with van der Waals surface area (Å²) in [5.41, 5.74) is 1.31. The molecule has 1 atom stereocenters. The molecular formula is C18H24N4OS. The minimum absolute atomic E-state index is 0.188. The SMILES string of the molecule is c1ccc2sc(N3CCN(CC4CCC5(CNC5)O4)CC3)nc2c1. The van der Waals surface area contributed by atoms with E-state index in [2.05, 4.69) is 39.4 Å². The van der Waals surface area contributed by atoms with Gasteiger partial charge in [0.25, 0.3) is 0 Å². The largest absolute Gasteiger partial charge is 0.368 e. The number of para-hydroxylation sites is 1. The van der Waals surface area contributed by atoms with Gasteiger partial charge in [-0.25, -0.2) is 4.98 Å². The van der Waals surface area contributed by atoms with Crippen LogP contribution in [0.4, 0.5) is 5.13 Å². The molecule has 1 aromatic carbocycles. The second-order valence-electron chi connectivity index (χ2n) is 7.32. The Kier molecular flexibility index (Phi) is 3.74. The van der Waals surface area contributed by atoms with Crippen LogP contribution in [0.15, 0.2) is 24.3 Å². The number of benzene rings is 1. The van der Waals surface area contributed by atoms with Crippen molar-refractivity contribution in [2.24, 2.45) is 0 Å². The molecule has 1 N–H and O–H groups in total. The summed E-state index contributed by atoms with van der Waals surface area (Å²) in [4.78, 5) is 9.80. The minimum atomic E-state index is 0.188. The van der Waals surface area contributed by atoms with Crippen LogP contribution in [0.2, 0.25) is 0 Å². The molecule has 5 nitrogen and oxygen atoms in total. The Bertz CT molecular complexity index is 688. The van der Waals surface area contributed by atoms with Gasteiger partial charge in [0.15, 0.2) is 5.13 Å². The molecule has 3 aliphatic heterocycles. The van der Waals surface area contributed by atoms with Crippen LogP contribution in [-0.2, 0) is 4.74 Å². The normalized spacial score (nSPS) is 27.0. The van der Waals surface area contributed by atoms with E-state index in [-0.39, 0.29) is 5.60 Å². The van der Waals surface area contributed by atoms with E-state index in [9.17, 15) is 0 Å². The van der Waals surface area contributed by atoms with E-state index in [0.29, 0.717) is 6.10 Å². The van der Waals surface area contributed by atoms with Crippen molar-refractivity contribution in [2.45, 2.75) is 24.5 Å². The minimum Gasteiger partial charge on any atom is -0.368 e. The van der Waals surface area contributed by atoms with Crippen molar-refractivity contribution in [3.63, 3.8) is 0 Å². The Hall–Kier alpha value is -1.21. The quantitative estimate of drug-likeness (QED) is 0.921. The molecule has 24 heavy (non-hydrogen) atoms. The lowest BCUT2D eigenvalue weighted by molar-refractivity contribution is -0.0809. The maximum atomic E-state index is 6.31. The van der Waals surface area contributed by atoms with Crippen LogP contribution in [0.25, 0.3) is 10.2 Å². The Morgan fingerprint density at radius 3 is 2.75 bits per heavy atom. The van der Waals surface area contributed by atoms with Gasteiger partial charge in [-0.2, -0.15) is 0 Å². The Morgan fingerprint density at radius 1 is 1.21 bits per heavy atom. The van der Waals surface area contributed by atoms with Crippen molar-refractivity contribution in [3.8, 4) is 0 Å². The fourth-order valence-electron chi connectivity index (χ4n) is 4.09. The first-order chi connectivity index (χ1) is 11.8. The molecule has 1 unspecified atom stereocenters. The molecule has 3 saturated heterocycles. The number of fused-ring (bicyclic) bond motifs is 1. The topological polar surface area (TPSA) is 40.6 Å². The van der Waals surface area contributed by atoms with E-state index < -0.39 is 0 Å². The van der Waals surface area contributed by atoms with Gasteiger partial charge in [-0.15, -0.1) is 0 Å². The van der Waals surface area contributed by atoms with Crippen LogP contribution in [-0.4, -0.2) is 67.4 Å². The highest BCUT2D eigenvalue weighted by Crippen LogP contribution is 2.34. The van der Waals surface area contributed by atoms with Gasteiger partial charge in [-0.3, -0.25) is 4.90 Å². The van der Waals surface area contributed by atoms with E-state index in [1.807, 2.05) is 11.3 Å². The van der Waals surface area contributed by atoms with Crippen LogP contribution in [0.5, 0.6) is 0 Å². The first-order valence-corrected chi connectivity index (χ1v) is 9.83. The van der Waals surface area contributed by atoms with Crippen molar-refractivity contribution < 1.29 is 4.74 Å². The number of ether oxygens (including phenoxy) is 1. The highest BCUT2D eigenvalue weighted by Gasteiger charge is 2.45. The standard InChI is InChI=1S/C18H24N4OS/c1-2-4-16-15(3-1)20-17(24-16)22-9-7-21(8-10-22)11-14-5-6-18(23-14)12-19-13-18/h1-4,14,19H,5-13H2. The number of anilines is 1. The third-order valence-electron chi connectivity index (χ3n) is 5.62. The molecule has 1 aromatic heterocycles. The summed E-state index contributed by atoms with van der Waals surface area (Å²) >= 11 is 1.81. The van der Waals surface area contributed by atoms with Gasteiger partial charge < -0.3 is 15.0 Å². The average Bonchev–Trinajstić information content (AvgIpc) is 3.19. The highest BCUT2D eigenvalue weighted by molar-refractivity contribution is 7.22. The summed E-state index contributed by atoms with van der Waals surface area (Å²) < 4.78 is 7.60. The first-order valence-electron chi connectivity index (χ1n) is 9.01. The molecule has 3 fully saturated rings. The third-order valence-corrected chi connectivity index (χ3v) is 6.72. The summed E-state index contributed by atoms with van der Waals surface area (Å²) in [6.45, 7) is 7.56. The number of hydrogen-bond acceptors (Lipinski definition) is 6. The maximum Gasteiger partial charge on any atom is 0.186 e. The maximum absolute atomic E-state index is 6.31. The summed E-state index contributed by atoms with van der Waals surface area (Å²) in [6, 6.07) is 8.42. The zero-order valence-corrected chi connectivity index (χ0v) is 14.7. The van der Waals surface area contributed by atoms with Gasteiger partial charge in [0.05, 0.1) is 21.9 Å².